The van der Waals surface area contributed by atoms with E-state index in [0.717, 1.165) is 5.69 Å². The van der Waals surface area contributed by atoms with E-state index in [4.69, 9.17) is 10.5 Å². The number of hydrogen-bond donors (Lipinski definition) is 2. The van der Waals surface area contributed by atoms with E-state index in [2.05, 4.69) is 10.2 Å². The number of nitrogens with zero attached hydrogens (tertiary/aromatic N) is 3. The molecule has 2 heterocycles. The molecule has 0 atom stereocenters. The number of fused-ring (bicyclic) bond motifs is 1. The van der Waals surface area contributed by atoms with Crippen molar-refractivity contribution in [2.75, 3.05) is 17.2 Å². The van der Waals surface area contributed by atoms with Crippen LogP contribution in [0.2, 0.25) is 0 Å². The molecule has 2 amide bonds. The Morgan fingerprint density at radius 1 is 1.06 bits per heavy atom. The maximum Gasteiger partial charge on any atom is 0.410 e. The number of nitrogens with two attached hydrogens (primary N) is 1. The van der Waals surface area contributed by atoms with Crippen LogP contribution in [-0.2, 0) is 17.7 Å². The van der Waals surface area contributed by atoms with Crippen LogP contribution in [-0.4, -0.2) is 39.2 Å². The minimum Gasteiger partial charge on any atom is -0.444 e. The van der Waals surface area contributed by atoms with Gasteiger partial charge >= 0.3 is 6.09 Å². The summed E-state index contributed by atoms with van der Waals surface area (Å²) in [5.41, 5.74) is 9.10. The number of carbonyl (C=O) groups is 2. The first-order chi connectivity index (χ1) is 15.2. The van der Waals surface area contributed by atoms with Crippen LogP contribution in [0.4, 0.5) is 21.9 Å². The first-order valence-electron chi connectivity index (χ1n) is 10.5. The summed E-state index contributed by atoms with van der Waals surface area (Å²) in [5.74, 6) is -0.287. The highest BCUT2D eigenvalue weighted by atomic mass is 16.6. The van der Waals surface area contributed by atoms with Crippen molar-refractivity contribution in [1.29, 1.82) is 0 Å². The van der Waals surface area contributed by atoms with Crippen molar-refractivity contribution in [2.45, 2.75) is 39.3 Å². The van der Waals surface area contributed by atoms with Crippen molar-refractivity contribution >= 4 is 29.1 Å². The van der Waals surface area contributed by atoms with Crippen molar-refractivity contribution in [3.8, 4) is 0 Å². The van der Waals surface area contributed by atoms with E-state index in [9.17, 15) is 9.59 Å². The van der Waals surface area contributed by atoms with Crippen molar-refractivity contribution < 1.29 is 14.3 Å². The SMILES string of the molecule is CC(C)(C)OC(=O)N1CCc2[nH]nc(C(=O)N(c3ccccc3)c3ccc(N)cc3)c2C1. The van der Waals surface area contributed by atoms with Gasteiger partial charge in [0.25, 0.3) is 5.91 Å². The molecule has 3 N–H and O–H groups in total. The van der Waals surface area contributed by atoms with E-state index in [0.29, 0.717) is 35.6 Å². The van der Waals surface area contributed by atoms with Gasteiger partial charge in [0.2, 0.25) is 0 Å². The number of para-hydroxylation sites is 1. The van der Waals surface area contributed by atoms with Gasteiger partial charge in [0.15, 0.2) is 5.69 Å². The maximum atomic E-state index is 13.7. The first-order valence-corrected chi connectivity index (χ1v) is 10.5. The molecule has 0 spiro atoms. The average molecular weight is 434 g/mol. The summed E-state index contributed by atoms with van der Waals surface area (Å²) < 4.78 is 5.52. The fourth-order valence-electron chi connectivity index (χ4n) is 3.64. The Hall–Kier alpha value is -3.81. The van der Waals surface area contributed by atoms with Crippen molar-refractivity contribution in [1.82, 2.24) is 15.1 Å². The molecule has 1 aliphatic heterocycles. The van der Waals surface area contributed by atoms with Gasteiger partial charge in [-0.2, -0.15) is 5.10 Å². The number of aromatic nitrogens is 2. The van der Waals surface area contributed by atoms with Gasteiger partial charge in [-0.1, -0.05) is 18.2 Å². The molecule has 0 unspecified atom stereocenters. The van der Waals surface area contributed by atoms with Crippen LogP contribution in [0.5, 0.6) is 0 Å². The number of nitrogen functional groups attached to an aromatic ring is 1. The maximum absolute atomic E-state index is 13.7. The van der Waals surface area contributed by atoms with Gasteiger partial charge in [0.05, 0.1) is 6.54 Å². The van der Waals surface area contributed by atoms with E-state index >= 15 is 0 Å². The molecule has 0 fully saturated rings. The molecular weight excluding hydrogens is 406 g/mol. The number of hydrogen-bond acceptors (Lipinski definition) is 5. The lowest BCUT2D eigenvalue weighted by molar-refractivity contribution is 0.0222. The minimum absolute atomic E-state index is 0.256. The lowest BCUT2D eigenvalue weighted by atomic mass is 10.0. The summed E-state index contributed by atoms with van der Waals surface area (Å²) in [4.78, 5) is 29.6. The molecule has 0 radical (unpaired) electrons. The second-order valence-electron chi connectivity index (χ2n) is 8.75. The van der Waals surface area contributed by atoms with Gasteiger partial charge < -0.3 is 15.4 Å². The molecule has 1 aliphatic rings. The molecular formula is C24H27N5O3. The molecule has 1 aromatic heterocycles. The van der Waals surface area contributed by atoms with Gasteiger partial charge in [-0.25, -0.2) is 4.79 Å². The van der Waals surface area contributed by atoms with Gasteiger partial charge in [-0.3, -0.25) is 14.8 Å². The van der Waals surface area contributed by atoms with Gasteiger partial charge in [0.1, 0.15) is 5.60 Å². The zero-order chi connectivity index (χ0) is 22.9. The Bertz CT molecular complexity index is 1120. The second-order valence-corrected chi connectivity index (χ2v) is 8.75. The lowest BCUT2D eigenvalue weighted by Crippen LogP contribution is -2.40. The Balaban J connectivity index is 1.67. The highest BCUT2D eigenvalue weighted by molar-refractivity contribution is 6.10. The summed E-state index contributed by atoms with van der Waals surface area (Å²) in [6.07, 6.45) is 0.170. The Kier molecular flexibility index (Phi) is 5.61. The molecule has 166 valence electrons. The standard InChI is InChI=1S/C24H27N5O3/c1-24(2,3)32-23(31)28-14-13-20-19(15-28)21(27-26-20)22(30)29(17-7-5-4-6-8-17)18-11-9-16(25)10-12-18/h4-12H,13-15,25H2,1-3H3,(H,26,27). The zero-order valence-corrected chi connectivity index (χ0v) is 18.5. The minimum atomic E-state index is -0.592. The van der Waals surface area contributed by atoms with E-state index < -0.39 is 11.7 Å². The lowest BCUT2D eigenvalue weighted by Gasteiger charge is -2.30. The number of anilines is 3. The predicted octanol–water partition coefficient (Wildman–Crippen LogP) is 4.26. The molecule has 0 saturated carbocycles. The van der Waals surface area contributed by atoms with Crippen LogP contribution in [0.25, 0.3) is 0 Å². The number of nitrogens with one attached hydrogen (secondary N) is 1. The van der Waals surface area contributed by atoms with Gasteiger partial charge in [-0.05, 0) is 57.2 Å². The summed E-state index contributed by atoms with van der Waals surface area (Å²) >= 11 is 0. The van der Waals surface area contributed by atoms with Crippen LogP contribution in [0.1, 0.15) is 42.5 Å². The Morgan fingerprint density at radius 3 is 2.38 bits per heavy atom. The molecule has 0 saturated heterocycles. The monoisotopic (exact) mass is 433 g/mol. The smallest absolute Gasteiger partial charge is 0.410 e. The van der Waals surface area contributed by atoms with Crippen LogP contribution >= 0.6 is 0 Å². The number of carbonyl (C=O) groups excluding carboxylic acids is 2. The highest BCUT2D eigenvalue weighted by Crippen LogP contribution is 2.30. The molecule has 32 heavy (non-hydrogen) atoms. The highest BCUT2D eigenvalue weighted by Gasteiger charge is 2.32. The van der Waals surface area contributed by atoms with E-state index in [1.165, 1.54) is 0 Å². The van der Waals surface area contributed by atoms with E-state index in [1.54, 1.807) is 34.1 Å². The Labute approximate surface area is 187 Å². The molecule has 3 aromatic rings. The zero-order valence-electron chi connectivity index (χ0n) is 18.5. The van der Waals surface area contributed by atoms with Gasteiger partial charge in [-0.15, -0.1) is 0 Å². The van der Waals surface area contributed by atoms with Crippen LogP contribution in [0.3, 0.4) is 0 Å². The number of aromatic amines is 1. The summed E-state index contributed by atoms with van der Waals surface area (Å²) in [5, 5.41) is 7.32. The molecule has 2 aromatic carbocycles. The fourth-order valence-corrected chi connectivity index (χ4v) is 3.64. The molecule has 8 heteroatoms. The predicted molar refractivity (Wildman–Crippen MR) is 123 cm³/mol. The Morgan fingerprint density at radius 2 is 1.72 bits per heavy atom. The third-order valence-corrected chi connectivity index (χ3v) is 5.16. The average Bonchev–Trinajstić information content (AvgIpc) is 3.18. The normalized spacial score (nSPS) is 13.4. The molecule has 4 rings (SSSR count). The quantitative estimate of drug-likeness (QED) is 0.601. The van der Waals surface area contributed by atoms with Crippen LogP contribution in [0.15, 0.2) is 54.6 Å². The van der Waals surface area contributed by atoms with Crippen LogP contribution < -0.4 is 10.6 Å². The van der Waals surface area contributed by atoms with E-state index in [1.807, 2.05) is 51.1 Å². The summed E-state index contributed by atoms with van der Waals surface area (Å²) in [7, 11) is 0. The van der Waals surface area contributed by atoms with Gasteiger partial charge in [0, 0.05) is 41.3 Å². The van der Waals surface area contributed by atoms with Crippen molar-refractivity contribution in [3.05, 3.63) is 71.5 Å². The number of H-pyrrole nitrogens is 1. The first kappa shape index (κ1) is 21.4. The molecule has 0 aliphatic carbocycles. The van der Waals surface area contributed by atoms with E-state index in [-0.39, 0.29) is 18.1 Å². The largest absolute Gasteiger partial charge is 0.444 e. The molecule has 8 nitrogen and oxygen atoms in total. The third kappa shape index (κ3) is 4.44. The topological polar surface area (TPSA) is 105 Å². The second kappa shape index (κ2) is 8.37. The number of ether oxygens (including phenoxy) is 1. The summed E-state index contributed by atoms with van der Waals surface area (Å²) in [6.45, 7) is 6.25. The number of rotatable bonds is 3. The number of amides is 2. The van der Waals surface area contributed by atoms with Crippen LogP contribution in [0, 0.1) is 0 Å². The third-order valence-electron chi connectivity index (χ3n) is 5.16. The van der Waals surface area contributed by atoms with Crippen molar-refractivity contribution in [3.63, 3.8) is 0 Å². The fraction of sp³-hybridized carbons (Fsp3) is 0.292. The van der Waals surface area contributed by atoms with Crippen molar-refractivity contribution in [2.24, 2.45) is 0 Å². The summed E-state index contributed by atoms with van der Waals surface area (Å²) in [6, 6.07) is 16.5. The number of benzene rings is 2. The molecule has 0 bridgehead atoms.